The minimum atomic E-state index is -0.955. The zero-order valence-electron chi connectivity index (χ0n) is 25.9. The minimum Gasteiger partial charge on any atom is -0.495 e. The number of amides is 2. The van der Waals surface area contributed by atoms with Gasteiger partial charge in [-0.05, 0) is 81.6 Å². The zero-order chi connectivity index (χ0) is 33.8. The topological polar surface area (TPSA) is 132 Å². The van der Waals surface area contributed by atoms with Gasteiger partial charge in [0.05, 0.1) is 30.4 Å². The van der Waals surface area contributed by atoms with E-state index in [2.05, 4.69) is 25.8 Å². The highest BCUT2D eigenvalue weighted by molar-refractivity contribution is 6.31. The van der Waals surface area contributed by atoms with Crippen LogP contribution in [0.25, 0.3) is 22.9 Å². The molecule has 0 fully saturated rings. The number of tetrazole rings is 1. The first-order valence-corrected chi connectivity index (χ1v) is 15.3. The molecular formula is C35H29ClFN7O4. The molecule has 0 radical (unpaired) electrons. The van der Waals surface area contributed by atoms with E-state index < -0.39 is 17.8 Å². The van der Waals surface area contributed by atoms with Gasteiger partial charge in [0.2, 0.25) is 5.91 Å². The van der Waals surface area contributed by atoms with E-state index >= 15 is 4.39 Å². The molecule has 1 aliphatic heterocycles. The number of benzene rings is 3. The molecule has 1 aliphatic rings. The van der Waals surface area contributed by atoms with Crippen molar-refractivity contribution < 1.29 is 23.5 Å². The second kappa shape index (κ2) is 13.9. The Labute approximate surface area is 280 Å². The van der Waals surface area contributed by atoms with Crippen LogP contribution < -0.4 is 10.1 Å². The number of pyridine rings is 1. The number of nitrogens with zero attached hydrogens (tertiary/aromatic N) is 6. The van der Waals surface area contributed by atoms with Crippen LogP contribution in [0.3, 0.4) is 0 Å². The highest BCUT2D eigenvalue weighted by Gasteiger charge is 2.36. The van der Waals surface area contributed by atoms with Gasteiger partial charge in [-0.25, -0.2) is 4.39 Å². The zero-order valence-corrected chi connectivity index (χ0v) is 26.7. The standard InChI is InChI=1S/C35H29ClFN7O4/c1-38-35(47)22-8-6-21(7-9-22)25-4-3-5-27-26(25)16-17-43(34(27)31(45)18-23-10-11-24(48-2)19-39-23)32(46)15-12-28-30(44-20-40-41-42-44)14-13-29(36)33(28)37/h3-15,19-20,34H,16-18H2,1-2H3,(H,38,47)/b15-12+. The van der Waals surface area contributed by atoms with Gasteiger partial charge in [-0.15, -0.1) is 5.10 Å². The number of Topliss-reactive ketones (excluding diaryl/α,β-unsaturated/α-hetero) is 1. The molecule has 3 aromatic carbocycles. The van der Waals surface area contributed by atoms with E-state index in [-0.39, 0.29) is 40.9 Å². The summed E-state index contributed by atoms with van der Waals surface area (Å²) >= 11 is 6.08. The summed E-state index contributed by atoms with van der Waals surface area (Å²) in [6.45, 7) is 0.216. The van der Waals surface area contributed by atoms with Crippen molar-refractivity contribution in [2.45, 2.75) is 18.9 Å². The van der Waals surface area contributed by atoms with Crippen molar-refractivity contribution in [1.82, 2.24) is 35.4 Å². The van der Waals surface area contributed by atoms with Crippen molar-refractivity contribution in [3.8, 4) is 22.6 Å². The first-order valence-electron chi connectivity index (χ1n) is 14.9. The summed E-state index contributed by atoms with van der Waals surface area (Å²) in [5.74, 6) is -1.13. The SMILES string of the molecule is CNC(=O)c1ccc(-c2cccc3c2CCN(C(=O)/C=C/c2c(-n4cnnn4)ccc(Cl)c2F)C3C(=O)Cc2ccc(OC)cn2)cc1. The number of methoxy groups -OCH3 is 1. The number of ketones is 1. The van der Waals surface area contributed by atoms with E-state index in [0.29, 0.717) is 29.0 Å². The Bertz CT molecular complexity index is 2020. The van der Waals surface area contributed by atoms with Gasteiger partial charge in [-0.2, -0.15) is 4.68 Å². The summed E-state index contributed by atoms with van der Waals surface area (Å²) in [5, 5.41) is 13.5. The molecule has 48 heavy (non-hydrogen) atoms. The molecule has 13 heteroatoms. The van der Waals surface area contributed by atoms with Crippen LogP contribution in [-0.4, -0.2) is 68.4 Å². The Hall–Kier alpha value is -5.75. The second-order valence-electron chi connectivity index (χ2n) is 10.9. The van der Waals surface area contributed by atoms with Crippen molar-refractivity contribution >= 4 is 35.3 Å². The van der Waals surface area contributed by atoms with Crippen molar-refractivity contribution in [2.24, 2.45) is 0 Å². The van der Waals surface area contributed by atoms with Crippen molar-refractivity contribution in [2.75, 3.05) is 20.7 Å². The summed E-state index contributed by atoms with van der Waals surface area (Å²) in [6, 6.07) is 18.2. The fourth-order valence-corrected chi connectivity index (χ4v) is 5.98. The lowest BCUT2D eigenvalue weighted by Gasteiger charge is -2.37. The van der Waals surface area contributed by atoms with Crippen LogP contribution in [0, 0.1) is 5.82 Å². The van der Waals surface area contributed by atoms with Crippen LogP contribution in [0.2, 0.25) is 5.02 Å². The molecule has 6 rings (SSSR count). The van der Waals surface area contributed by atoms with Crippen LogP contribution in [0.4, 0.5) is 4.39 Å². The molecule has 242 valence electrons. The normalized spacial score (nSPS) is 14.1. The monoisotopic (exact) mass is 665 g/mol. The van der Waals surface area contributed by atoms with Crippen LogP contribution in [0.1, 0.15) is 38.8 Å². The number of ether oxygens (including phenoxy) is 1. The van der Waals surface area contributed by atoms with E-state index in [0.717, 1.165) is 16.7 Å². The van der Waals surface area contributed by atoms with Gasteiger partial charge in [0.15, 0.2) is 11.6 Å². The van der Waals surface area contributed by atoms with Crippen molar-refractivity contribution in [3.63, 3.8) is 0 Å². The fraction of sp³-hybridized carbons (Fsp3) is 0.171. The van der Waals surface area contributed by atoms with E-state index in [4.69, 9.17) is 16.3 Å². The third-order valence-corrected chi connectivity index (χ3v) is 8.47. The number of fused-ring (bicyclic) bond motifs is 1. The number of hydrogen-bond donors (Lipinski definition) is 1. The van der Waals surface area contributed by atoms with Gasteiger partial charge in [0.1, 0.15) is 18.1 Å². The Morgan fingerprint density at radius 3 is 2.58 bits per heavy atom. The van der Waals surface area contributed by atoms with Crippen LogP contribution >= 0.6 is 11.6 Å². The van der Waals surface area contributed by atoms with Crippen molar-refractivity contribution in [1.29, 1.82) is 0 Å². The molecule has 1 unspecified atom stereocenters. The number of aromatic nitrogens is 5. The quantitative estimate of drug-likeness (QED) is 0.221. The highest BCUT2D eigenvalue weighted by atomic mass is 35.5. The van der Waals surface area contributed by atoms with Crippen LogP contribution in [0.5, 0.6) is 5.75 Å². The Balaban J connectivity index is 1.38. The number of halogens is 2. The van der Waals surface area contributed by atoms with Gasteiger partial charge in [0.25, 0.3) is 5.91 Å². The summed E-state index contributed by atoms with van der Waals surface area (Å²) in [5.41, 5.74) is 4.69. The maximum atomic E-state index is 15.3. The summed E-state index contributed by atoms with van der Waals surface area (Å²) < 4.78 is 21.7. The molecule has 1 N–H and O–H groups in total. The summed E-state index contributed by atoms with van der Waals surface area (Å²) in [6.07, 6.45) is 5.78. The molecule has 3 heterocycles. The Morgan fingerprint density at radius 1 is 1.08 bits per heavy atom. The Kier molecular flexibility index (Phi) is 9.35. The molecule has 0 bridgehead atoms. The molecule has 0 saturated carbocycles. The number of hydrogen-bond acceptors (Lipinski definition) is 8. The third kappa shape index (κ3) is 6.42. The molecule has 2 aromatic heterocycles. The average Bonchev–Trinajstić information content (AvgIpc) is 3.66. The van der Waals surface area contributed by atoms with E-state index in [1.807, 2.05) is 30.3 Å². The van der Waals surface area contributed by atoms with E-state index in [9.17, 15) is 14.4 Å². The first-order chi connectivity index (χ1) is 23.3. The molecule has 0 aliphatic carbocycles. The third-order valence-electron chi connectivity index (χ3n) is 8.18. The van der Waals surface area contributed by atoms with Crippen molar-refractivity contribution in [3.05, 3.63) is 124 Å². The number of rotatable bonds is 9. The van der Waals surface area contributed by atoms with Gasteiger partial charge < -0.3 is 15.0 Å². The van der Waals surface area contributed by atoms with Crippen LogP contribution in [-0.2, 0) is 22.4 Å². The van der Waals surface area contributed by atoms with Gasteiger partial charge in [-0.3, -0.25) is 19.4 Å². The molecule has 0 saturated heterocycles. The summed E-state index contributed by atoms with van der Waals surface area (Å²) in [4.78, 5) is 46.0. The lowest BCUT2D eigenvalue weighted by atomic mass is 9.84. The maximum absolute atomic E-state index is 15.3. The predicted octanol–water partition coefficient (Wildman–Crippen LogP) is 4.84. The van der Waals surface area contributed by atoms with E-state index in [1.165, 1.54) is 47.4 Å². The number of carbonyl (C=O) groups excluding carboxylic acids is 3. The maximum Gasteiger partial charge on any atom is 0.251 e. The number of nitrogens with one attached hydrogen (secondary N) is 1. The molecule has 1 atom stereocenters. The van der Waals surface area contributed by atoms with Crippen LogP contribution in [0.15, 0.2) is 85.3 Å². The molecule has 0 spiro atoms. The molecule has 2 amide bonds. The van der Waals surface area contributed by atoms with E-state index in [1.54, 1.807) is 37.4 Å². The van der Waals surface area contributed by atoms with Gasteiger partial charge in [-0.1, -0.05) is 41.9 Å². The molecular weight excluding hydrogens is 637 g/mol. The first kappa shape index (κ1) is 32.2. The fourth-order valence-electron chi connectivity index (χ4n) is 5.82. The highest BCUT2D eigenvalue weighted by Crippen LogP contribution is 2.38. The number of carbonyl (C=O) groups is 3. The minimum absolute atomic E-state index is 0.00774. The summed E-state index contributed by atoms with van der Waals surface area (Å²) in [7, 11) is 3.10. The molecule has 11 nitrogen and oxygen atoms in total. The van der Waals surface area contributed by atoms with Gasteiger partial charge in [0, 0.05) is 36.5 Å². The predicted molar refractivity (Wildman–Crippen MR) is 176 cm³/mol. The second-order valence-corrected chi connectivity index (χ2v) is 11.3. The molecule has 5 aromatic rings. The Morgan fingerprint density at radius 2 is 1.90 bits per heavy atom. The smallest absolute Gasteiger partial charge is 0.251 e. The lowest BCUT2D eigenvalue weighted by molar-refractivity contribution is -0.136. The lowest BCUT2D eigenvalue weighted by Crippen LogP contribution is -2.43. The largest absolute Gasteiger partial charge is 0.495 e. The van der Waals surface area contributed by atoms with Gasteiger partial charge >= 0.3 is 0 Å². The average molecular weight is 666 g/mol.